The summed E-state index contributed by atoms with van der Waals surface area (Å²) >= 11 is 6.02. The van der Waals surface area contributed by atoms with E-state index in [1.807, 2.05) is 18.2 Å². The van der Waals surface area contributed by atoms with E-state index in [0.717, 1.165) is 5.56 Å². The Hall–Kier alpha value is -1.42. The summed E-state index contributed by atoms with van der Waals surface area (Å²) in [5.74, 6) is 0.819. The quantitative estimate of drug-likeness (QED) is 0.806. The standard InChI is InChI=1S/C13H18ClNO3/c1-13(14,12(15)16)7-6-9-4-5-10(17-2)11(8-9)18-3/h4-5,8H,6-7H2,1-3H3,(H2,15,16). The summed E-state index contributed by atoms with van der Waals surface area (Å²) in [6, 6.07) is 5.60. The third kappa shape index (κ3) is 3.53. The van der Waals surface area contributed by atoms with Gasteiger partial charge in [-0.3, -0.25) is 4.79 Å². The number of benzene rings is 1. The number of hydrogen-bond donors (Lipinski definition) is 1. The number of primary amides is 1. The largest absolute Gasteiger partial charge is 0.493 e. The predicted molar refractivity (Wildman–Crippen MR) is 71.3 cm³/mol. The Kier molecular flexibility index (Phi) is 4.84. The van der Waals surface area contributed by atoms with Gasteiger partial charge in [-0.1, -0.05) is 6.07 Å². The lowest BCUT2D eigenvalue weighted by molar-refractivity contribution is -0.120. The first-order valence-corrected chi connectivity index (χ1v) is 5.98. The van der Waals surface area contributed by atoms with Crippen LogP contribution in [0.2, 0.25) is 0 Å². The topological polar surface area (TPSA) is 61.5 Å². The summed E-state index contributed by atoms with van der Waals surface area (Å²) < 4.78 is 10.4. The molecular weight excluding hydrogens is 254 g/mol. The Bertz CT molecular complexity index is 432. The number of halogens is 1. The number of ether oxygens (including phenoxy) is 2. The van der Waals surface area contributed by atoms with Gasteiger partial charge in [0, 0.05) is 0 Å². The first-order chi connectivity index (χ1) is 8.40. The number of carbonyl (C=O) groups excluding carboxylic acids is 1. The molecule has 0 radical (unpaired) electrons. The van der Waals surface area contributed by atoms with Crippen molar-refractivity contribution in [2.75, 3.05) is 14.2 Å². The van der Waals surface area contributed by atoms with E-state index >= 15 is 0 Å². The molecule has 0 bridgehead atoms. The van der Waals surface area contributed by atoms with Gasteiger partial charge in [0.15, 0.2) is 11.5 Å². The number of methoxy groups -OCH3 is 2. The second-order valence-electron chi connectivity index (χ2n) is 4.25. The van der Waals surface area contributed by atoms with Crippen molar-refractivity contribution >= 4 is 17.5 Å². The van der Waals surface area contributed by atoms with Crippen LogP contribution in [0.15, 0.2) is 18.2 Å². The van der Waals surface area contributed by atoms with Crippen molar-refractivity contribution < 1.29 is 14.3 Å². The smallest absolute Gasteiger partial charge is 0.238 e. The minimum Gasteiger partial charge on any atom is -0.493 e. The molecule has 0 saturated heterocycles. The molecular formula is C13H18ClNO3. The third-order valence-corrected chi connectivity index (χ3v) is 3.22. The van der Waals surface area contributed by atoms with Crippen LogP contribution in [0.1, 0.15) is 18.9 Å². The molecule has 18 heavy (non-hydrogen) atoms. The van der Waals surface area contributed by atoms with Crippen molar-refractivity contribution in [2.45, 2.75) is 24.6 Å². The fourth-order valence-electron chi connectivity index (χ4n) is 1.54. The molecule has 0 aliphatic rings. The third-order valence-electron chi connectivity index (χ3n) is 2.84. The minimum absolute atomic E-state index is 0.472. The zero-order valence-electron chi connectivity index (χ0n) is 10.8. The van der Waals surface area contributed by atoms with Crippen LogP contribution in [0.5, 0.6) is 11.5 Å². The molecule has 0 aliphatic carbocycles. The van der Waals surface area contributed by atoms with Crippen molar-refractivity contribution in [3.05, 3.63) is 23.8 Å². The highest BCUT2D eigenvalue weighted by Gasteiger charge is 2.27. The number of nitrogens with two attached hydrogens (primary N) is 1. The lowest BCUT2D eigenvalue weighted by Crippen LogP contribution is -2.36. The Morgan fingerprint density at radius 1 is 1.33 bits per heavy atom. The van der Waals surface area contributed by atoms with E-state index in [1.54, 1.807) is 21.1 Å². The Balaban J connectivity index is 2.77. The summed E-state index contributed by atoms with van der Waals surface area (Å²) in [4.78, 5) is 10.1. The molecule has 0 heterocycles. The molecule has 1 unspecified atom stereocenters. The molecule has 0 fully saturated rings. The first-order valence-electron chi connectivity index (χ1n) is 5.60. The number of hydrogen-bond acceptors (Lipinski definition) is 3. The van der Waals surface area contributed by atoms with Crippen molar-refractivity contribution in [1.82, 2.24) is 0 Å². The van der Waals surface area contributed by atoms with Gasteiger partial charge in [-0.05, 0) is 37.5 Å². The van der Waals surface area contributed by atoms with E-state index in [2.05, 4.69) is 0 Å². The number of carbonyl (C=O) groups is 1. The highest BCUT2D eigenvalue weighted by atomic mass is 35.5. The van der Waals surface area contributed by atoms with E-state index in [4.69, 9.17) is 26.8 Å². The van der Waals surface area contributed by atoms with Crippen LogP contribution in [-0.4, -0.2) is 25.0 Å². The first kappa shape index (κ1) is 14.6. The van der Waals surface area contributed by atoms with Gasteiger partial charge in [-0.15, -0.1) is 11.6 Å². The molecule has 0 aliphatic heterocycles. The van der Waals surface area contributed by atoms with Gasteiger partial charge in [0.1, 0.15) is 4.87 Å². The van der Waals surface area contributed by atoms with Gasteiger partial charge < -0.3 is 15.2 Å². The fourth-order valence-corrected chi connectivity index (χ4v) is 1.63. The molecule has 5 heteroatoms. The molecule has 0 aromatic heterocycles. The maximum Gasteiger partial charge on any atom is 0.238 e. The zero-order chi connectivity index (χ0) is 13.8. The number of aryl methyl sites for hydroxylation is 1. The summed E-state index contributed by atoms with van der Waals surface area (Å²) in [5.41, 5.74) is 6.24. The van der Waals surface area contributed by atoms with Gasteiger partial charge in [0.05, 0.1) is 14.2 Å². The van der Waals surface area contributed by atoms with E-state index in [9.17, 15) is 4.79 Å². The summed E-state index contributed by atoms with van der Waals surface area (Å²) in [6.07, 6.45) is 1.11. The van der Waals surface area contributed by atoms with E-state index in [-0.39, 0.29) is 0 Å². The van der Waals surface area contributed by atoms with Crippen molar-refractivity contribution in [1.29, 1.82) is 0 Å². The zero-order valence-corrected chi connectivity index (χ0v) is 11.6. The van der Waals surface area contributed by atoms with Crippen LogP contribution in [0.4, 0.5) is 0 Å². The molecule has 1 rings (SSSR count). The molecule has 0 spiro atoms. The van der Waals surface area contributed by atoms with Gasteiger partial charge in [0.2, 0.25) is 5.91 Å². The van der Waals surface area contributed by atoms with Gasteiger partial charge in [-0.2, -0.15) is 0 Å². The van der Waals surface area contributed by atoms with Gasteiger partial charge in [0.25, 0.3) is 0 Å². The summed E-state index contributed by atoms with van der Waals surface area (Å²) in [6.45, 7) is 1.62. The lowest BCUT2D eigenvalue weighted by atomic mass is 9.99. The average molecular weight is 272 g/mol. The maximum absolute atomic E-state index is 11.1. The Morgan fingerprint density at radius 2 is 1.94 bits per heavy atom. The summed E-state index contributed by atoms with van der Waals surface area (Å²) in [7, 11) is 3.16. The second-order valence-corrected chi connectivity index (χ2v) is 5.09. The Morgan fingerprint density at radius 3 is 2.44 bits per heavy atom. The monoisotopic (exact) mass is 271 g/mol. The highest BCUT2D eigenvalue weighted by Crippen LogP contribution is 2.29. The van der Waals surface area contributed by atoms with Crippen LogP contribution >= 0.6 is 11.6 Å². The van der Waals surface area contributed by atoms with Crippen LogP contribution in [0.3, 0.4) is 0 Å². The number of alkyl halides is 1. The molecule has 4 nitrogen and oxygen atoms in total. The lowest BCUT2D eigenvalue weighted by Gasteiger charge is -2.17. The normalized spacial score (nSPS) is 13.8. The van der Waals surface area contributed by atoms with E-state index in [1.165, 1.54) is 0 Å². The average Bonchev–Trinajstić information content (AvgIpc) is 2.35. The van der Waals surface area contributed by atoms with Crippen LogP contribution in [-0.2, 0) is 11.2 Å². The SMILES string of the molecule is COc1ccc(CCC(C)(Cl)C(N)=O)cc1OC. The van der Waals surface area contributed by atoms with Gasteiger partial charge in [-0.25, -0.2) is 0 Å². The number of rotatable bonds is 6. The molecule has 1 aromatic rings. The van der Waals surface area contributed by atoms with Crippen LogP contribution in [0.25, 0.3) is 0 Å². The molecule has 2 N–H and O–H groups in total. The molecule has 1 atom stereocenters. The van der Waals surface area contributed by atoms with Gasteiger partial charge >= 0.3 is 0 Å². The molecule has 1 amide bonds. The summed E-state index contributed by atoms with van der Waals surface area (Å²) in [5, 5.41) is 0. The highest BCUT2D eigenvalue weighted by molar-refractivity contribution is 6.34. The molecule has 0 saturated carbocycles. The Labute approximate surface area is 112 Å². The van der Waals surface area contributed by atoms with E-state index < -0.39 is 10.8 Å². The van der Waals surface area contributed by atoms with Crippen molar-refractivity contribution in [3.63, 3.8) is 0 Å². The number of amides is 1. The molecule has 1 aromatic carbocycles. The van der Waals surface area contributed by atoms with Crippen molar-refractivity contribution in [2.24, 2.45) is 5.73 Å². The second kappa shape index (κ2) is 5.96. The van der Waals surface area contributed by atoms with Crippen LogP contribution < -0.4 is 15.2 Å². The van der Waals surface area contributed by atoms with Crippen LogP contribution in [0, 0.1) is 0 Å². The fraction of sp³-hybridized carbons (Fsp3) is 0.462. The molecule has 100 valence electrons. The maximum atomic E-state index is 11.1. The predicted octanol–water partition coefficient (Wildman–Crippen LogP) is 2.12. The van der Waals surface area contributed by atoms with Crippen molar-refractivity contribution in [3.8, 4) is 11.5 Å². The van der Waals surface area contributed by atoms with E-state index in [0.29, 0.717) is 24.3 Å². The minimum atomic E-state index is -1.02.